The number of hydrogen-bond acceptors (Lipinski definition) is 2. The van der Waals surface area contributed by atoms with Crippen LogP contribution in [0.4, 0.5) is 0 Å². The summed E-state index contributed by atoms with van der Waals surface area (Å²) in [7, 11) is 1.77. The minimum atomic E-state index is 0.732. The molecule has 21 heavy (non-hydrogen) atoms. The van der Waals surface area contributed by atoms with Gasteiger partial charge in [0.25, 0.3) is 0 Å². The first kappa shape index (κ1) is 16.8. The van der Waals surface area contributed by atoms with Crippen LogP contribution < -0.4 is 10.1 Å². The van der Waals surface area contributed by atoms with Gasteiger partial charge in [-0.1, -0.05) is 36.2 Å². The second-order valence-electron chi connectivity index (χ2n) is 6.66. The van der Waals surface area contributed by atoms with Crippen LogP contribution in [0.5, 0.6) is 5.75 Å². The highest BCUT2D eigenvalue weighted by Gasteiger charge is 2.27. The molecular weight excluding hydrogens is 326 g/mol. The quantitative estimate of drug-likeness (QED) is 0.769. The highest BCUT2D eigenvalue weighted by atomic mass is 79.9. The van der Waals surface area contributed by atoms with Crippen molar-refractivity contribution in [3.63, 3.8) is 0 Å². The zero-order valence-corrected chi connectivity index (χ0v) is 15.1. The minimum Gasteiger partial charge on any atom is -0.496 e. The average molecular weight is 354 g/mol. The van der Waals surface area contributed by atoms with Gasteiger partial charge in [0.05, 0.1) is 7.11 Å². The first-order valence-electron chi connectivity index (χ1n) is 8.13. The van der Waals surface area contributed by atoms with Gasteiger partial charge in [0.2, 0.25) is 0 Å². The molecule has 0 aliphatic heterocycles. The predicted molar refractivity (Wildman–Crippen MR) is 92.9 cm³/mol. The van der Waals surface area contributed by atoms with Crippen molar-refractivity contribution in [2.24, 2.45) is 17.8 Å². The van der Waals surface area contributed by atoms with Crippen LogP contribution in [0.1, 0.15) is 38.7 Å². The SMILES string of the molecule is COc1ccc(Br)cc1CC1CCCC1CNCC(C)C. The number of rotatable bonds is 7. The highest BCUT2D eigenvalue weighted by Crippen LogP contribution is 2.36. The largest absolute Gasteiger partial charge is 0.496 e. The third kappa shape index (κ3) is 5.00. The summed E-state index contributed by atoms with van der Waals surface area (Å²) < 4.78 is 6.67. The molecule has 0 aromatic heterocycles. The molecular formula is C18H28BrNO. The standard InChI is InChI=1S/C18H28BrNO/c1-13(2)11-20-12-15-6-4-5-14(15)9-16-10-17(19)7-8-18(16)21-3/h7-8,10,13-15,20H,4-6,9,11-12H2,1-3H3. The lowest BCUT2D eigenvalue weighted by atomic mass is 9.89. The molecule has 2 unspecified atom stereocenters. The molecule has 1 saturated carbocycles. The Balaban J connectivity index is 1.96. The van der Waals surface area contributed by atoms with Crippen LogP contribution in [0.3, 0.4) is 0 Å². The minimum absolute atomic E-state index is 0.732. The molecule has 1 aliphatic rings. The number of benzene rings is 1. The molecule has 0 heterocycles. The molecule has 1 aliphatic carbocycles. The first-order valence-corrected chi connectivity index (χ1v) is 8.92. The van der Waals surface area contributed by atoms with Crippen LogP contribution in [-0.4, -0.2) is 20.2 Å². The van der Waals surface area contributed by atoms with Crippen LogP contribution >= 0.6 is 15.9 Å². The summed E-state index contributed by atoms with van der Waals surface area (Å²) in [6.07, 6.45) is 5.22. The third-order valence-electron chi connectivity index (χ3n) is 4.50. The summed E-state index contributed by atoms with van der Waals surface area (Å²) in [4.78, 5) is 0. The predicted octanol–water partition coefficient (Wildman–Crippen LogP) is 4.66. The van der Waals surface area contributed by atoms with Crippen molar-refractivity contribution < 1.29 is 4.74 Å². The van der Waals surface area contributed by atoms with Gasteiger partial charge in [-0.15, -0.1) is 0 Å². The van der Waals surface area contributed by atoms with E-state index in [-0.39, 0.29) is 0 Å². The Morgan fingerprint density at radius 2 is 2.05 bits per heavy atom. The Morgan fingerprint density at radius 1 is 1.29 bits per heavy atom. The lowest BCUT2D eigenvalue weighted by Crippen LogP contribution is -2.29. The summed E-state index contributed by atoms with van der Waals surface area (Å²) in [5, 5.41) is 3.64. The number of ether oxygens (including phenoxy) is 1. The Morgan fingerprint density at radius 3 is 2.76 bits per heavy atom. The van der Waals surface area contributed by atoms with Gasteiger partial charge < -0.3 is 10.1 Å². The lowest BCUT2D eigenvalue weighted by molar-refractivity contribution is 0.349. The smallest absolute Gasteiger partial charge is 0.122 e. The monoisotopic (exact) mass is 353 g/mol. The molecule has 118 valence electrons. The maximum Gasteiger partial charge on any atom is 0.122 e. The molecule has 1 aromatic carbocycles. The second-order valence-corrected chi connectivity index (χ2v) is 7.58. The van der Waals surface area contributed by atoms with Crippen LogP contribution in [0.25, 0.3) is 0 Å². The van der Waals surface area contributed by atoms with Gasteiger partial charge in [-0.2, -0.15) is 0 Å². The fourth-order valence-corrected chi connectivity index (χ4v) is 3.81. The molecule has 2 atom stereocenters. The molecule has 0 bridgehead atoms. The molecule has 1 fully saturated rings. The third-order valence-corrected chi connectivity index (χ3v) is 4.99. The number of methoxy groups -OCH3 is 1. The molecule has 0 amide bonds. The molecule has 1 aromatic rings. The van der Waals surface area contributed by atoms with E-state index in [2.05, 4.69) is 53.3 Å². The van der Waals surface area contributed by atoms with Crippen molar-refractivity contribution in [2.45, 2.75) is 39.5 Å². The Kier molecular flexibility index (Phi) is 6.56. The normalized spacial score (nSPS) is 22.0. The number of hydrogen-bond donors (Lipinski definition) is 1. The van der Waals surface area contributed by atoms with Gasteiger partial charge in [-0.25, -0.2) is 0 Å². The maximum atomic E-state index is 5.52. The van der Waals surface area contributed by atoms with Crippen LogP contribution in [-0.2, 0) is 6.42 Å². The summed E-state index contributed by atoms with van der Waals surface area (Å²) in [5.74, 6) is 3.36. The molecule has 0 radical (unpaired) electrons. The van der Waals surface area contributed by atoms with Gasteiger partial charge in [-0.3, -0.25) is 0 Å². The van der Waals surface area contributed by atoms with Crippen molar-refractivity contribution in [3.05, 3.63) is 28.2 Å². The molecule has 3 heteroatoms. The van der Waals surface area contributed by atoms with E-state index in [1.54, 1.807) is 7.11 Å². The van der Waals surface area contributed by atoms with Crippen molar-refractivity contribution in [3.8, 4) is 5.75 Å². The molecule has 0 saturated heterocycles. The Bertz CT molecular complexity index is 447. The van der Waals surface area contributed by atoms with Gasteiger partial charge >= 0.3 is 0 Å². The summed E-state index contributed by atoms with van der Waals surface area (Å²) in [5.41, 5.74) is 1.34. The van der Waals surface area contributed by atoms with Gasteiger partial charge in [0.15, 0.2) is 0 Å². The topological polar surface area (TPSA) is 21.3 Å². The molecule has 2 rings (SSSR count). The van der Waals surface area contributed by atoms with Crippen molar-refractivity contribution >= 4 is 15.9 Å². The van der Waals surface area contributed by atoms with E-state index < -0.39 is 0 Å². The maximum absolute atomic E-state index is 5.52. The summed E-state index contributed by atoms with van der Waals surface area (Å²) in [6, 6.07) is 6.34. The van der Waals surface area contributed by atoms with Crippen molar-refractivity contribution in [1.29, 1.82) is 0 Å². The van der Waals surface area contributed by atoms with E-state index in [1.165, 1.54) is 31.4 Å². The van der Waals surface area contributed by atoms with E-state index >= 15 is 0 Å². The van der Waals surface area contributed by atoms with Crippen LogP contribution in [0.2, 0.25) is 0 Å². The first-order chi connectivity index (χ1) is 10.1. The molecule has 1 N–H and O–H groups in total. The lowest BCUT2D eigenvalue weighted by Gasteiger charge is -2.22. The van der Waals surface area contributed by atoms with Gasteiger partial charge in [0, 0.05) is 4.47 Å². The van der Waals surface area contributed by atoms with Crippen molar-refractivity contribution in [2.75, 3.05) is 20.2 Å². The Labute approximate surface area is 137 Å². The summed E-state index contributed by atoms with van der Waals surface area (Å²) >= 11 is 3.58. The van der Waals surface area contributed by atoms with Crippen LogP contribution in [0.15, 0.2) is 22.7 Å². The highest BCUT2D eigenvalue weighted by molar-refractivity contribution is 9.10. The van der Waals surface area contributed by atoms with E-state index in [4.69, 9.17) is 4.74 Å². The van der Waals surface area contributed by atoms with Crippen molar-refractivity contribution in [1.82, 2.24) is 5.32 Å². The average Bonchev–Trinajstić information content (AvgIpc) is 2.86. The van der Waals surface area contributed by atoms with Gasteiger partial charge in [0.1, 0.15) is 5.75 Å². The summed E-state index contributed by atoms with van der Waals surface area (Å²) in [6.45, 7) is 6.83. The Hall–Kier alpha value is -0.540. The fraction of sp³-hybridized carbons (Fsp3) is 0.667. The van der Waals surface area contributed by atoms with E-state index in [1.807, 2.05) is 0 Å². The molecule has 0 spiro atoms. The van der Waals surface area contributed by atoms with E-state index in [0.29, 0.717) is 0 Å². The number of halogens is 1. The van der Waals surface area contributed by atoms with E-state index in [0.717, 1.165) is 40.9 Å². The second kappa shape index (κ2) is 8.19. The molecule has 2 nitrogen and oxygen atoms in total. The van der Waals surface area contributed by atoms with Gasteiger partial charge in [-0.05, 0) is 73.9 Å². The van der Waals surface area contributed by atoms with Crippen LogP contribution in [0, 0.1) is 17.8 Å². The zero-order chi connectivity index (χ0) is 15.2. The number of nitrogens with one attached hydrogen (secondary N) is 1. The zero-order valence-electron chi connectivity index (χ0n) is 13.5. The fourth-order valence-electron chi connectivity index (χ4n) is 3.40. The van der Waals surface area contributed by atoms with E-state index in [9.17, 15) is 0 Å².